The van der Waals surface area contributed by atoms with Crippen LogP contribution in [0.15, 0.2) is 18.2 Å². The highest BCUT2D eigenvalue weighted by molar-refractivity contribution is 5.97. The number of fused-ring (bicyclic) bond motifs is 1. The molecule has 1 fully saturated rings. The number of hydrogen-bond acceptors (Lipinski definition) is 4. The number of carboxylic acid groups (broad SMARTS) is 1. The van der Waals surface area contributed by atoms with Crippen molar-refractivity contribution in [3.05, 3.63) is 29.6 Å². The first-order valence-electron chi connectivity index (χ1n) is 8.16. The number of ether oxygens (including phenoxy) is 1. The van der Waals surface area contributed by atoms with Crippen molar-refractivity contribution >= 4 is 23.5 Å². The van der Waals surface area contributed by atoms with Crippen molar-refractivity contribution in [2.24, 2.45) is 0 Å². The predicted octanol–water partition coefficient (Wildman–Crippen LogP) is 0.807. The maximum atomic E-state index is 13.4. The average Bonchev–Trinajstić information content (AvgIpc) is 2.60. The van der Waals surface area contributed by atoms with E-state index in [0.717, 1.165) is 5.56 Å². The number of aryl methyl sites for hydroxylation is 1. The van der Waals surface area contributed by atoms with Crippen LogP contribution in [0.2, 0.25) is 0 Å². The van der Waals surface area contributed by atoms with Crippen LogP contribution < -0.4 is 4.90 Å². The van der Waals surface area contributed by atoms with Gasteiger partial charge in [0.05, 0.1) is 13.2 Å². The molecule has 1 N–H and O–H groups in total. The Kier molecular flexibility index (Phi) is 4.98. The summed E-state index contributed by atoms with van der Waals surface area (Å²) >= 11 is 0. The van der Waals surface area contributed by atoms with Gasteiger partial charge >= 0.3 is 5.97 Å². The first-order valence-corrected chi connectivity index (χ1v) is 8.16. The summed E-state index contributed by atoms with van der Waals surface area (Å²) in [6.45, 7) is 0.696. The fourth-order valence-corrected chi connectivity index (χ4v) is 3.16. The van der Waals surface area contributed by atoms with E-state index in [4.69, 9.17) is 9.84 Å². The van der Waals surface area contributed by atoms with Gasteiger partial charge in [0.1, 0.15) is 5.82 Å². The Morgan fingerprint density at radius 1 is 1.32 bits per heavy atom. The van der Waals surface area contributed by atoms with Gasteiger partial charge < -0.3 is 19.6 Å². The molecule has 25 heavy (non-hydrogen) atoms. The molecule has 0 aliphatic carbocycles. The highest BCUT2D eigenvalue weighted by Crippen LogP contribution is 2.28. The van der Waals surface area contributed by atoms with E-state index in [1.165, 1.54) is 21.9 Å². The Morgan fingerprint density at radius 3 is 2.88 bits per heavy atom. The van der Waals surface area contributed by atoms with E-state index in [2.05, 4.69) is 0 Å². The zero-order chi connectivity index (χ0) is 18.0. The number of hydrogen-bond donors (Lipinski definition) is 1. The van der Waals surface area contributed by atoms with Gasteiger partial charge in [-0.3, -0.25) is 9.59 Å². The minimum Gasteiger partial charge on any atom is -0.479 e. The average molecular weight is 350 g/mol. The molecule has 7 nitrogen and oxygen atoms in total. The third-order valence-corrected chi connectivity index (χ3v) is 4.49. The smallest absolute Gasteiger partial charge is 0.334 e. The monoisotopic (exact) mass is 350 g/mol. The molecule has 8 heteroatoms. The predicted molar refractivity (Wildman–Crippen MR) is 85.6 cm³/mol. The van der Waals surface area contributed by atoms with Crippen molar-refractivity contribution in [1.82, 2.24) is 4.90 Å². The van der Waals surface area contributed by atoms with Crippen molar-refractivity contribution in [3.8, 4) is 0 Å². The Hall–Kier alpha value is -2.48. The standard InChI is InChI=1S/C17H19FN2O5/c18-12-2-3-13-11(9-12)1-4-16(22)20(13)6-5-15(21)19-7-8-25-14(10-19)17(23)24/h2-3,9,14H,1,4-8,10H2,(H,23,24)/t14-/m0/s1. The van der Waals surface area contributed by atoms with Gasteiger partial charge in [0, 0.05) is 31.6 Å². The summed E-state index contributed by atoms with van der Waals surface area (Å²) in [5.74, 6) is -1.77. The summed E-state index contributed by atoms with van der Waals surface area (Å²) in [7, 11) is 0. The van der Waals surface area contributed by atoms with Gasteiger partial charge in [0.15, 0.2) is 6.10 Å². The number of carboxylic acids is 1. The van der Waals surface area contributed by atoms with Crippen LogP contribution in [0.5, 0.6) is 0 Å². The first kappa shape index (κ1) is 17.3. The quantitative estimate of drug-likeness (QED) is 0.868. The van der Waals surface area contributed by atoms with E-state index >= 15 is 0 Å². The Balaban J connectivity index is 1.64. The summed E-state index contributed by atoms with van der Waals surface area (Å²) in [5, 5.41) is 8.99. The van der Waals surface area contributed by atoms with Gasteiger partial charge in [0.2, 0.25) is 11.8 Å². The van der Waals surface area contributed by atoms with Crippen molar-refractivity contribution in [1.29, 1.82) is 0 Å². The van der Waals surface area contributed by atoms with Crippen LogP contribution in [0.25, 0.3) is 0 Å². The Labute approximate surface area is 144 Å². The maximum Gasteiger partial charge on any atom is 0.334 e. The third kappa shape index (κ3) is 3.79. The fourth-order valence-electron chi connectivity index (χ4n) is 3.16. The molecule has 0 aromatic heterocycles. The van der Waals surface area contributed by atoms with Crippen LogP contribution >= 0.6 is 0 Å². The molecule has 0 unspecified atom stereocenters. The highest BCUT2D eigenvalue weighted by Gasteiger charge is 2.30. The second kappa shape index (κ2) is 7.18. The topological polar surface area (TPSA) is 87.2 Å². The molecule has 0 radical (unpaired) electrons. The Bertz CT molecular complexity index is 708. The number of carbonyl (C=O) groups excluding carboxylic acids is 2. The molecule has 0 bridgehead atoms. The summed E-state index contributed by atoms with van der Waals surface area (Å²) in [6.07, 6.45) is -0.170. The molecule has 3 rings (SSSR count). The molecule has 2 amide bonds. The van der Waals surface area contributed by atoms with Gasteiger partial charge in [-0.25, -0.2) is 9.18 Å². The number of aliphatic carboxylic acids is 1. The number of halogens is 1. The van der Waals surface area contributed by atoms with E-state index in [9.17, 15) is 18.8 Å². The van der Waals surface area contributed by atoms with Gasteiger partial charge in [-0.2, -0.15) is 0 Å². The number of rotatable bonds is 4. The number of amides is 2. The SMILES string of the molecule is O=C(O)[C@@H]1CN(C(=O)CCN2C(=O)CCc3cc(F)ccc32)CCO1. The van der Waals surface area contributed by atoms with Crippen molar-refractivity contribution in [2.75, 3.05) is 31.1 Å². The van der Waals surface area contributed by atoms with Crippen LogP contribution in [0.3, 0.4) is 0 Å². The van der Waals surface area contributed by atoms with Crippen LogP contribution in [0, 0.1) is 5.82 Å². The number of morpholine rings is 1. The molecule has 0 spiro atoms. The molecule has 1 atom stereocenters. The normalized spacial score (nSPS) is 20.4. The summed E-state index contributed by atoms with van der Waals surface area (Å²) in [4.78, 5) is 38.5. The van der Waals surface area contributed by atoms with Crippen LogP contribution in [0.4, 0.5) is 10.1 Å². The third-order valence-electron chi connectivity index (χ3n) is 4.49. The fraction of sp³-hybridized carbons (Fsp3) is 0.471. The van der Waals surface area contributed by atoms with Crippen molar-refractivity contribution in [2.45, 2.75) is 25.4 Å². The molecule has 1 saturated heterocycles. The van der Waals surface area contributed by atoms with Gasteiger partial charge in [-0.1, -0.05) is 0 Å². The zero-order valence-electron chi connectivity index (χ0n) is 13.6. The van der Waals surface area contributed by atoms with E-state index < -0.39 is 12.1 Å². The number of carbonyl (C=O) groups is 3. The Morgan fingerprint density at radius 2 is 2.12 bits per heavy atom. The number of nitrogens with zero attached hydrogens (tertiary/aromatic N) is 2. The molecule has 2 aliphatic rings. The first-order chi connectivity index (χ1) is 12.0. The largest absolute Gasteiger partial charge is 0.479 e. The van der Waals surface area contributed by atoms with E-state index in [1.807, 2.05) is 0 Å². The molecule has 2 heterocycles. The highest BCUT2D eigenvalue weighted by atomic mass is 19.1. The molecular formula is C17H19FN2O5. The van der Waals surface area contributed by atoms with Crippen molar-refractivity contribution < 1.29 is 28.6 Å². The number of anilines is 1. The van der Waals surface area contributed by atoms with Gasteiger partial charge in [-0.15, -0.1) is 0 Å². The van der Waals surface area contributed by atoms with E-state index in [-0.39, 0.29) is 50.2 Å². The number of benzene rings is 1. The van der Waals surface area contributed by atoms with E-state index in [1.54, 1.807) is 6.07 Å². The molecule has 0 saturated carbocycles. The summed E-state index contributed by atoms with van der Waals surface area (Å²) in [5.41, 5.74) is 1.39. The second-order valence-electron chi connectivity index (χ2n) is 6.11. The van der Waals surface area contributed by atoms with Crippen LogP contribution in [0.1, 0.15) is 18.4 Å². The molecule has 2 aliphatic heterocycles. The van der Waals surface area contributed by atoms with Crippen LogP contribution in [-0.4, -0.2) is 60.1 Å². The van der Waals surface area contributed by atoms with Gasteiger partial charge in [-0.05, 0) is 30.2 Å². The zero-order valence-corrected chi connectivity index (χ0v) is 13.6. The minimum atomic E-state index is -1.10. The minimum absolute atomic E-state index is 0.00388. The lowest BCUT2D eigenvalue weighted by atomic mass is 10.0. The second-order valence-corrected chi connectivity index (χ2v) is 6.11. The molecule has 1 aromatic carbocycles. The van der Waals surface area contributed by atoms with E-state index in [0.29, 0.717) is 18.7 Å². The lowest BCUT2D eigenvalue weighted by molar-refractivity contribution is -0.159. The molecule has 134 valence electrons. The van der Waals surface area contributed by atoms with Crippen molar-refractivity contribution in [3.63, 3.8) is 0 Å². The van der Waals surface area contributed by atoms with Crippen LogP contribution in [-0.2, 0) is 25.5 Å². The summed E-state index contributed by atoms with van der Waals surface area (Å²) in [6, 6.07) is 4.27. The molecular weight excluding hydrogens is 331 g/mol. The maximum absolute atomic E-state index is 13.4. The molecule has 1 aromatic rings. The summed E-state index contributed by atoms with van der Waals surface area (Å²) < 4.78 is 18.4. The lowest BCUT2D eigenvalue weighted by Crippen LogP contribution is -2.49. The van der Waals surface area contributed by atoms with Gasteiger partial charge in [0.25, 0.3) is 0 Å². The lowest BCUT2D eigenvalue weighted by Gasteiger charge is -2.33.